The molecule has 1 N–H and O–H groups in total. The van der Waals surface area contributed by atoms with Gasteiger partial charge in [-0.3, -0.25) is 4.79 Å². The number of hydrogen-bond donors (Lipinski definition) is 1. The Morgan fingerprint density at radius 2 is 1.44 bits per heavy atom. The summed E-state index contributed by atoms with van der Waals surface area (Å²) in [5.74, 6) is -0.0889. The molecule has 27 heavy (non-hydrogen) atoms. The van der Waals surface area contributed by atoms with Gasteiger partial charge in [-0.1, -0.05) is 42.5 Å². The zero-order valence-electron chi connectivity index (χ0n) is 14.8. The fourth-order valence-corrected chi connectivity index (χ4v) is 2.53. The first-order chi connectivity index (χ1) is 13.2. The second-order valence-corrected chi connectivity index (χ2v) is 5.80. The molecule has 0 fully saturated rings. The van der Waals surface area contributed by atoms with Gasteiger partial charge < -0.3 is 14.8 Å². The number of methoxy groups -OCH3 is 1. The van der Waals surface area contributed by atoms with Crippen molar-refractivity contribution in [3.8, 4) is 16.9 Å². The van der Waals surface area contributed by atoms with Crippen LogP contribution in [0, 0.1) is 0 Å². The average molecular weight is 361 g/mol. The minimum atomic E-state index is -0.421. The van der Waals surface area contributed by atoms with E-state index in [1.54, 1.807) is 24.3 Å². The number of anilines is 1. The van der Waals surface area contributed by atoms with E-state index in [9.17, 15) is 9.59 Å². The highest BCUT2D eigenvalue weighted by Gasteiger charge is 2.07. The fourth-order valence-electron chi connectivity index (χ4n) is 2.53. The highest BCUT2D eigenvalue weighted by atomic mass is 16.5. The van der Waals surface area contributed by atoms with E-state index < -0.39 is 5.97 Å². The largest absolute Gasteiger partial charge is 0.484 e. The molecule has 0 aromatic heterocycles. The lowest BCUT2D eigenvalue weighted by atomic mass is 10.1. The SMILES string of the molecule is COC(=O)c1ccc(NC(=O)COc2ccc(-c3ccccc3)cc2)cc1. The van der Waals surface area contributed by atoms with E-state index >= 15 is 0 Å². The van der Waals surface area contributed by atoms with Crippen LogP contribution < -0.4 is 10.1 Å². The van der Waals surface area contributed by atoms with Gasteiger partial charge in [0, 0.05) is 5.69 Å². The van der Waals surface area contributed by atoms with E-state index in [1.165, 1.54) is 7.11 Å². The van der Waals surface area contributed by atoms with Gasteiger partial charge in [0.2, 0.25) is 0 Å². The third-order valence-corrected chi connectivity index (χ3v) is 3.92. The number of ether oxygens (including phenoxy) is 2. The van der Waals surface area contributed by atoms with Crippen LogP contribution in [0.25, 0.3) is 11.1 Å². The Morgan fingerprint density at radius 1 is 0.815 bits per heavy atom. The second kappa shape index (κ2) is 8.67. The van der Waals surface area contributed by atoms with Crippen LogP contribution in [0.2, 0.25) is 0 Å². The van der Waals surface area contributed by atoms with Crippen LogP contribution in [0.3, 0.4) is 0 Å². The van der Waals surface area contributed by atoms with E-state index in [1.807, 2.05) is 54.6 Å². The molecule has 0 spiro atoms. The molecule has 3 rings (SSSR count). The fraction of sp³-hybridized carbons (Fsp3) is 0.0909. The van der Waals surface area contributed by atoms with Crippen molar-refractivity contribution in [3.05, 3.63) is 84.4 Å². The number of carbonyl (C=O) groups is 2. The van der Waals surface area contributed by atoms with E-state index in [2.05, 4.69) is 10.1 Å². The number of esters is 1. The van der Waals surface area contributed by atoms with Gasteiger partial charge >= 0.3 is 5.97 Å². The van der Waals surface area contributed by atoms with Crippen LogP contribution in [-0.2, 0) is 9.53 Å². The van der Waals surface area contributed by atoms with Crippen molar-refractivity contribution in [1.29, 1.82) is 0 Å². The molecule has 0 saturated carbocycles. The minimum Gasteiger partial charge on any atom is -0.484 e. The molecule has 136 valence electrons. The molecule has 1 amide bonds. The zero-order chi connectivity index (χ0) is 19.1. The van der Waals surface area contributed by atoms with Gasteiger partial charge in [-0.05, 0) is 47.5 Å². The summed E-state index contributed by atoms with van der Waals surface area (Å²) >= 11 is 0. The average Bonchev–Trinajstić information content (AvgIpc) is 2.73. The van der Waals surface area contributed by atoms with Crippen LogP contribution in [0.15, 0.2) is 78.9 Å². The lowest BCUT2D eigenvalue weighted by Crippen LogP contribution is -2.20. The van der Waals surface area contributed by atoms with Crippen LogP contribution in [0.4, 0.5) is 5.69 Å². The van der Waals surface area contributed by atoms with Gasteiger partial charge in [-0.25, -0.2) is 4.79 Å². The Morgan fingerprint density at radius 3 is 2.07 bits per heavy atom. The molecule has 0 atom stereocenters. The number of nitrogens with one attached hydrogen (secondary N) is 1. The van der Waals surface area contributed by atoms with Gasteiger partial charge in [-0.15, -0.1) is 0 Å². The molecule has 0 heterocycles. The predicted molar refractivity (Wildman–Crippen MR) is 104 cm³/mol. The second-order valence-electron chi connectivity index (χ2n) is 5.80. The third kappa shape index (κ3) is 4.95. The topological polar surface area (TPSA) is 64.6 Å². The smallest absolute Gasteiger partial charge is 0.337 e. The van der Waals surface area contributed by atoms with E-state index in [0.717, 1.165) is 11.1 Å². The molecule has 0 unspecified atom stereocenters. The first kappa shape index (κ1) is 18.2. The highest BCUT2D eigenvalue weighted by Crippen LogP contribution is 2.22. The van der Waals surface area contributed by atoms with Crippen molar-refractivity contribution in [1.82, 2.24) is 0 Å². The number of amides is 1. The molecule has 5 nitrogen and oxygen atoms in total. The Hall–Kier alpha value is -3.60. The maximum Gasteiger partial charge on any atom is 0.337 e. The summed E-state index contributed by atoms with van der Waals surface area (Å²) in [5.41, 5.74) is 3.20. The van der Waals surface area contributed by atoms with Crippen molar-refractivity contribution in [2.24, 2.45) is 0 Å². The predicted octanol–water partition coefficient (Wildman–Crippen LogP) is 4.16. The van der Waals surface area contributed by atoms with Crippen LogP contribution in [-0.4, -0.2) is 25.6 Å². The number of benzene rings is 3. The molecule has 0 aliphatic carbocycles. The molecule has 5 heteroatoms. The number of hydrogen-bond acceptors (Lipinski definition) is 4. The molecular weight excluding hydrogens is 342 g/mol. The van der Waals surface area contributed by atoms with Crippen LogP contribution in [0.5, 0.6) is 5.75 Å². The van der Waals surface area contributed by atoms with Crippen molar-refractivity contribution in [2.75, 3.05) is 19.0 Å². The maximum absolute atomic E-state index is 12.0. The van der Waals surface area contributed by atoms with Gasteiger partial charge in [0.15, 0.2) is 6.61 Å². The summed E-state index contributed by atoms with van der Waals surface area (Å²) in [5, 5.41) is 2.72. The first-order valence-corrected chi connectivity index (χ1v) is 8.42. The molecule has 0 bridgehead atoms. The molecule has 0 aliphatic rings. The number of rotatable bonds is 6. The molecule has 3 aromatic carbocycles. The quantitative estimate of drug-likeness (QED) is 0.670. The monoisotopic (exact) mass is 361 g/mol. The van der Waals surface area contributed by atoms with E-state index in [-0.39, 0.29) is 12.5 Å². The number of carbonyl (C=O) groups excluding carboxylic acids is 2. The van der Waals surface area contributed by atoms with Gasteiger partial charge in [-0.2, -0.15) is 0 Å². The van der Waals surface area contributed by atoms with Crippen molar-refractivity contribution in [3.63, 3.8) is 0 Å². The van der Waals surface area contributed by atoms with Crippen molar-refractivity contribution >= 4 is 17.6 Å². The maximum atomic E-state index is 12.0. The third-order valence-electron chi connectivity index (χ3n) is 3.92. The van der Waals surface area contributed by atoms with Crippen molar-refractivity contribution < 1.29 is 19.1 Å². The van der Waals surface area contributed by atoms with E-state index in [0.29, 0.717) is 17.0 Å². The van der Waals surface area contributed by atoms with Gasteiger partial charge in [0.05, 0.1) is 12.7 Å². The van der Waals surface area contributed by atoms with Gasteiger partial charge in [0.1, 0.15) is 5.75 Å². The molecule has 0 saturated heterocycles. The summed E-state index contributed by atoms with van der Waals surface area (Å²) < 4.78 is 10.2. The Balaban J connectivity index is 1.52. The molecule has 3 aromatic rings. The lowest BCUT2D eigenvalue weighted by molar-refractivity contribution is -0.118. The molecular formula is C22H19NO4. The van der Waals surface area contributed by atoms with Crippen molar-refractivity contribution in [2.45, 2.75) is 0 Å². The lowest BCUT2D eigenvalue weighted by Gasteiger charge is -2.09. The first-order valence-electron chi connectivity index (χ1n) is 8.42. The summed E-state index contributed by atoms with van der Waals surface area (Å²) in [4.78, 5) is 23.4. The minimum absolute atomic E-state index is 0.108. The Bertz CT molecular complexity index is 903. The van der Waals surface area contributed by atoms with Crippen LogP contribution in [0.1, 0.15) is 10.4 Å². The summed E-state index contributed by atoms with van der Waals surface area (Å²) in [6.45, 7) is -0.108. The highest BCUT2D eigenvalue weighted by molar-refractivity contribution is 5.93. The van der Waals surface area contributed by atoms with E-state index in [4.69, 9.17) is 4.74 Å². The van der Waals surface area contributed by atoms with Crippen LogP contribution >= 0.6 is 0 Å². The summed E-state index contributed by atoms with van der Waals surface area (Å²) in [6.07, 6.45) is 0. The standard InChI is InChI=1S/C22H19NO4/c1-26-22(25)18-7-11-19(12-8-18)23-21(24)15-27-20-13-9-17(10-14-20)16-5-3-2-4-6-16/h2-14H,15H2,1H3,(H,23,24). The summed E-state index contributed by atoms with van der Waals surface area (Å²) in [6, 6.07) is 24.0. The summed E-state index contributed by atoms with van der Waals surface area (Å²) in [7, 11) is 1.32. The molecule has 0 aliphatic heterocycles. The molecule has 0 radical (unpaired) electrons. The Kier molecular flexibility index (Phi) is 5.84. The van der Waals surface area contributed by atoms with Gasteiger partial charge in [0.25, 0.3) is 5.91 Å². The Labute approximate surface area is 157 Å². The normalized spacial score (nSPS) is 10.1. The zero-order valence-corrected chi connectivity index (χ0v) is 14.8.